The number of hydrogen-bond donors (Lipinski definition) is 1. The fourth-order valence-electron chi connectivity index (χ4n) is 2.49. The van der Waals surface area contributed by atoms with Gasteiger partial charge in [-0.2, -0.15) is 0 Å². The summed E-state index contributed by atoms with van der Waals surface area (Å²) in [7, 11) is 1.63. The van der Waals surface area contributed by atoms with Gasteiger partial charge in [0.05, 0.1) is 12.2 Å². The third-order valence-electron chi connectivity index (χ3n) is 3.67. The van der Waals surface area contributed by atoms with Gasteiger partial charge in [-0.15, -0.1) is 0 Å². The van der Waals surface area contributed by atoms with E-state index in [0.29, 0.717) is 36.9 Å². The quantitative estimate of drug-likeness (QED) is 0.585. The van der Waals surface area contributed by atoms with Crippen molar-refractivity contribution >= 4 is 5.78 Å². The summed E-state index contributed by atoms with van der Waals surface area (Å²) in [5, 5.41) is 3.33. The van der Waals surface area contributed by atoms with E-state index < -0.39 is 0 Å². The number of ketones is 1. The molecule has 1 aliphatic rings. The molecule has 0 bridgehead atoms. The highest BCUT2D eigenvalue weighted by Gasteiger charge is 2.18. The SMILES string of the molecule is COCCOc1ccccc1C(=O)CCC1CCNC1. The van der Waals surface area contributed by atoms with Crippen molar-refractivity contribution in [3.05, 3.63) is 29.8 Å². The Morgan fingerprint density at radius 2 is 2.20 bits per heavy atom. The molecule has 0 amide bonds. The molecule has 1 aliphatic heterocycles. The van der Waals surface area contributed by atoms with Crippen molar-refractivity contribution in [2.45, 2.75) is 19.3 Å². The number of carbonyl (C=O) groups excluding carboxylic acids is 1. The molecule has 1 atom stereocenters. The van der Waals surface area contributed by atoms with Gasteiger partial charge in [0.1, 0.15) is 12.4 Å². The first-order valence-electron chi connectivity index (χ1n) is 7.26. The number of Topliss-reactive ketones (excluding diaryl/α,β-unsaturated/α-hetero) is 1. The third kappa shape index (κ3) is 4.32. The fraction of sp³-hybridized carbons (Fsp3) is 0.562. The van der Waals surface area contributed by atoms with Gasteiger partial charge in [-0.1, -0.05) is 12.1 Å². The normalized spacial score (nSPS) is 18.1. The van der Waals surface area contributed by atoms with Crippen LogP contribution in [0.1, 0.15) is 29.6 Å². The van der Waals surface area contributed by atoms with Crippen LogP contribution in [0.5, 0.6) is 5.75 Å². The average Bonchev–Trinajstić information content (AvgIpc) is 2.99. The molecule has 110 valence electrons. The molecule has 0 saturated carbocycles. The van der Waals surface area contributed by atoms with Gasteiger partial charge >= 0.3 is 0 Å². The molecule has 1 fully saturated rings. The van der Waals surface area contributed by atoms with Gasteiger partial charge in [0.25, 0.3) is 0 Å². The number of methoxy groups -OCH3 is 1. The Balaban J connectivity index is 1.90. The molecule has 0 aromatic heterocycles. The number of nitrogens with one attached hydrogen (secondary N) is 1. The van der Waals surface area contributed by atoms with Crippen molar-refractivity contribution in [2.75, 3.05) is 33.4 Å². The zero-order valence-corrected chi connectivity index (χ0v) is 12.1. The standard InChI is InChI=1S/C16H23NO3/c1-19-10-11-20-16-5-3-2-4-14(16)15(18)7-6-13-8-9-17-12-13/h2-5,13,17H,6-12H2,1H3. The van der Waals surface area contributed by atoms with Crippen molar-refractivity contribution in [3.63, 3.8) is 0 Å². The Hall–Kier alpha value is -1.39. The van der Waals surface area contributed by atoms with Gasteiger partial charge in [-0.25, -0.2) is 0 Å². The minimum atomic E-state index is 0.171. The Labute approximate surface area is 120 Å². The Morgan fingerprint density at radius 3 is 2.95 bits per heavy atom. The maximum Gasteiger partial charge on any atom is 0.166 e. The monoisotopic (exact) mass is 277 g/mol. The van der Waals surface area contributed by atoms with Crippen LogP contribution in [-0.2, 0) is 4.74 Å². The molecule has 2 rings (SSSR count). The van der Waals surface area contributed by atoms with Crippen molar-refractivity contribution < 1.29 is 14.3 Å². The molecule has 1 N–H and O–H groups in total. The van der Waals surface area contributed by atoms with Crippen molar-refractivity contribution in [3.8, 4) is 5.75 Å². The van der Waals surface area contributed by atoms with Gasteiger partial charge in [0.15, 0.2) is 5.78 Å². The first-order valence-corrected chi connectivity index (χ1v) is 7.26. The van der Waals surface area contributed by atoms with E-state index in [1.54, 1.807) is 7.11 Å². The highest BCUT2D eigenvalue weighted by atomic mass is 16.5. The van der Waals surface area contributed by atoms with Crippen LogP contribution < -0.4 is 10.1 Å². The molecule has 0 aliphatic carbocycles. The lowest BCUT2D eigenvalue weighted by Gasteiger charge is -2.11. The summed E-state index contributed by atoms with van der Waals surface area (Å²) in [6.07, 6.45) is 2.73. The minimum Gasteiger partial charge on any atom is -0.490 e. The van der Waals surface area contributed by atoms with Gasteiger partial charge < -0.3 is 14.8 Å². The second-order valence-corrected chi connectivity index (χ2v) is 5.16. The molecule has 1 unspecified atom stereocenters. The number of hydrogen-bond acceptors (Lipinski definition) is 4. The van der Waals surface area contributed by atoms with Crippen LogP contribution in [0.2, 0.25) is 0 Å². The Bertz CT molecular complexity index is 427. The van der Waals surface area contributed by atoms with Crippen molar-refractivity contribution in [1.82, 2.24) is 5.32 Å². The van der Waals surface area contributed by atoms with E-state index in [1.165, 1.54) is 6.42 Å². The summed E-state index contributed by atoms with van der Waals surface area (Å²) >= 11 is 0. The van der Waals surface area contributed by atoms with E-state index >= 15 is 0 Å². The average molecular weight is 277 g/mol. The third-order valence-corrected chi connectivity index (χ3v) is 3.67. The molecular weight excluding hydrogens is 254 g/mol. The number of ether oxygens (including phenoxy) is 2. The maximum absolute atomic E-state index is 12.3. The van der Waals surface area contributed by atoms with E-state index in [9.17, 15) is 4.79 Å². The second kappa shape index (κ2) is 8.02. The van der Waals surface area contributed by atoms with E-state index in [1.807, 2.05) is 24.3 Å². The maximum atomic E-state index is 12.3. The predicted octanol–water partition coefficient (Wildman–Crippen LogP) is 2.28. The highest BCUT2D eigenvalue weighted by Crippen LogP contribution is 2.22. The molecule has 1 saturated heterocycles. The van der Waals surface area contributed by atoms with E-state index in [2.05, 4.69) is 5.32 Å². The lowest BCUT2D eigenvalue weighted by molar-refractivity contribution is 0.0967. The topological polar surface area (TPSA) is 47.6 Å². The van der Waals surface area contributed by atoms with E-state index in [-0.39, 0.29) is 5.78 Å². The molecule has 20 heavy (non-hydrogen) atoms. The molecule has 1 aromatic carbocycles. The Kier molecular flexibility index (Phi) is 6.02. The molecule has 4 heteroatoms. The first kappa shape index (κ1) is 15.0. The summed E-state index contributed by atoms with van der Waals surface area (Å²) in [5.41, 5.74) is 0.689. The second-order valence-electron chi connectivity index (χ2n) is 5.16. The number of benzene rings is 1. The Morgan fingerprint density at radius 1 is 1.35 bits per heavy atom. The lowest BCUT2D eigenvalue weighted by Crippen LogP contribution is -2.12. The molecule has 1 aromatic rings. The van der Waals surface area contributed by atoms with Gasteiger partial charge in [-0.3, -0.25) is 4.79 Å². The number of carbonyl (C=O) groups is 1. The van der Waals surface area contributed by atoms with Gasteiger partial charge in [0.2, 0.25) is 0 Å². The summed E-state index contributed by atoms with van der Waals surface area (Å²) in [4.78, 5) is 12.3. The van der Waals surface area contributed by atoms with Crippen LogP contribution in [0, 0.1) is 5.92 Å². The molecule has 0 radical (unpaired) electrons. The molecule has 0 spiro atoms. The van der Waals surface area contributed by atoms with Crippen LogP contribution in [0.3, 0.4) is 0 Å². The predicted molar refractivity (Wildman–Crippen MR) is 78.4 cm³/mol. The molecule has 4 nitrogen and oxygen atoms in total. The van der Waals surface area contributed by atoms with Crippen LogP contribution in [0.4, 0.5) is 0 Å². The lowest BCUT2D eigenvalue weighted by atomic mass is 9.98. The summed E-state index contributed by atoms with van der Waals surface area (Å²) in [6.45, 7) is 3.11. The van der Waals surface area contributed by atoms with E-state index in [0.717, 1.165) is 19.5 Å². The molecular formula is C16H23NO3. The van der Waals surface area contributed by atoms with Crippen molar-refractivity contribution in [1.29, 1.82) is 0 Å². The first-order chi connectivity index (χ1) is 9.81. The largest absolute Gasteiger partial charge is 0.490 e. The molecule has 1 heterocycles. The highest BCUT2D eigenvalue weighted by molar-refractivity contribution is 5.98. The van der Waals surface area contributed by atoms with Gasteiger partial charge in [-0.05, 0) is 44.0 Å². The van der Waals surface area contributed by atoms with Crippen LogP contribution >= 0.6 is 0 Å². The minimum absolute atomic E-state index is 0.171. The summed E-state index contributed by atoms with van der Waals surface area (Å²) in [6, 6.07) is 7.46. The van der Waals surface area contributed by atoms with Crippen LogP contribution in [-0.4, -0.2) is 39.2 Å². The smallest absolute Gasteiger partial charge is 0.166 e. The van der Waals surface area contributed by atoms with Crippen LogP contribution in [0.25, 0.3) is 0 Å². The van der Waals surface area contributed by atoms with Crippen molar-refractivity contribution in [2.24, 2.45) is 5.92 Å². The summed E-state index contributed by atoms with van der Waals surface area (Å²) < 4.78 is 10.6. The van der Waals surface area contributed by atoms with Gasteiger partial charge in [0, 0.05) is 13.5 Å². The fourth-order valence-corrected chi connectivity index (χ4v) is 2.49. The summed E-state index contributed by atoms with van der Waals surface area (Å²) in [5.74, 6) is 1.48. The number of para-hydroxylation sites is 1. The number of rotatable bonds is 8. The zero-order chi connectivity index (χ0) is 14.2. The van der Waals surface area contributed by atoms with Crippen LogP contribution in [0.15, 0.2) is 24.3 Å². The van der Waals surface area contributed by atoms with E-state index in [4.69, 9.17) is 9.47 Å². The zero-order valence-electron chi connectivity index (χ0n) is 12.1.